The number of nitrogens with one attached hydrogen (secondary N) is 2. The quantitative estimate of drug-likeness (QED) is 0.418. The van der Waals surface area contributed by atoms with E-state index in [9.17, 15) is 20.0 Å². The standard InChI is InChI=1S/C23H28N6O5/c1-13(30)26-16-7-8-17(10-16)34-22-18(21(31)29-33-12-23(2,3)32)19(25)27-20(28-22)15-6-4-5-14(9-15)11-24/h4-6,9,16-17,32H,7-8,10,12H2,1-3H3,(H,26,30)(H,29,31)(H2,25,27,28). The van der Waals surface area contributed by atoms with Gasteiger partial charge in [0.1, 0.15) is 24.1 Å². The molecule has 2 unspecified atom stereocenters. The van der Waals surface area contributed by atoms with Gasteiger partial charge in [-0.05, 0) is 38.8 Å². The van der Waals surface area contributed by atoms with Crippen molar-refractivity contribution >= 4 is 17.6 Å². The van der Waals surface area contributed by atoms with Crippen LogP contribution in [0.5, 0.6) is 5.88 Å². The highest BCUT2D eigenvalue weighted by molar-refractivity contribution is 6.00. The number of anilines is 1. The van der Waals surface area contributed by atoms with Crippen molar-refractivity contribution in [2.45, 2.75) is 57.8 Å². The highest BCUT2D eigenvalue weighted by Crippen LogP contribution is 2.30. The van der Waals surface area contributed by atoms with Gasteiger partial charge in [-0.3, -0.25) is 14.4 Å². The molecule has 1 aromatic heterocycles. The molecule has 3 rings (SSSR count). The Balaban J connectivity index is 1.91. The number of aromatic nitrogens is 2. The molecular formula is C23H28N6O5. The Morgan fingerprint density at radius 3 is 2.76 bits per heavy atom. The molecule has 0 spiro atoms. The molecule has 2 atom stereocenters. The van der Waals surface area contributed by atoms with Crippen molar-refractivity contribution in [3.05, 3.63) is 35.4 Å². The minimum absolute atomic E-state index is 0.0392. The number of nitrogen functional groups attached to an aromatic ring is 1. The smallest absolute Gasteiger partial charge is 0.284 e. The van der Waals surface area contributed by atoms with Crippen LogP contribution in [-0.4, -0.2) is 51.2 Å². The first kappa shape index (κ1) is 24.9. The van der Waals surface area contributed by atoms with E-state index in [0.29, 0.717) is 24.0 Å². The van der Waals surface area contributed by atoms with Crippen molar-refractivity contribution in [2.75, 3.05) is 12.3 Å². The highest BCUT2D eigenvalue weighted by Gasteiger charge is 2.30. The van der Waals surface area contributed by atoms with Gasteiger partial charge in [0.2, 0.25) is 11.8 Å². The summed E-state index contributed by atoms with van der Waals surface area (Å²) in [5.74, 6) is -0.841. The van der Waals surface area contributed by atoms with Crippen LogP contribution >= 0.6 is 0 Å². The second-order valence-corrected chi connectivity index (χ2v) is 8.79. The number of nitrogens with two attached hydrogens (primary N) is 1. The molecule has 5 N–H and O–H groups in total. The fourth-order valence-electron chi connectivity index (χ4n) is 3.57. The molecular weight excluding hydrogens is 440 g/mol. The lowest BCUT2D eigenvalue weighted by Crippen LogP contribution is -2.34. The maximum atomic E-state index is 12.8. The topological polar surface area (TPSA) is 172 Å². The van der Waals surface area contributed by atoms with Crippen LogP contribution in [0.1, 0.15) is 56.0 Å². The second kappa shape index (κ2) is 10.5. The Labute approximate surface area is 197 Å². The van der Waals surface area contributed by atoms with E-state index < -0.39 is 11.5 Å². The number of hydrogen-bond acceptors (Lipinski definition) is 9. The molecule has 1 saturated carbocycles. The number of ether oxygens (including phenoxy) is 1. The molecule has 1 fully saturated rings. The van der Waals surface area contributed by atoms with E-state index in [1.54, 1.807) is 24.3 Å². The lowest BCUT2D eigenvalue weighted by atomic mass is 10.1. The predicted molar refractivity (Wildman–Crippen MR) is 122 cm³/mol. The van der Waals surface area contributed by atoms with Gasteiger partial charge in [0.25, 0.3) is 5.91 Å². The van der Waals surface area contributed by atoms with E-state index in [4.69, 9.17) is 15.3 Å². The first-order valence-electron chi connectivity index (χ1n) is 10.8. The second-order valence-electron chi connectivity index (χ2n) is 8.79. The van der Waals surface area contributed by atoms with Crippen LogP contribution in [0.2, 0.25) is 0 Å². The van der Waals surface area contributed by atoms with E-state index in [1.807, 2.05) is 0 Å². The molecule has 34 heavy (non-hydrogen) atoms. The molecule has 1 aromatic carbocycles. The summed E-state index contributed by atoms with van der Waals surface area (Å²) in [7, 11) is 0. The van der Waals surface area contributed by atoms with Gasteiger partial charge in [0.15, 0.2) is 5.82 Å². The highest BCUT2D eigenvalue weighted by atomic mass is 16.7. The van der Waals surface area contributed by atoms with E-state index in [1.165, 1.54) is 20.8 Å². The summed E-state index contributed by atoms with van der Waals surface area (Å²) in [6, 6.07) is 8.67. The van der Waals surface area contributed by atoms with Gasteiger partial charge in [-0.15, -0.1) is 0 Å². The number of carbonyl (C=O) groups excluding carboxylic acids is 2. The van der Waals surface area contributed by atoms with Crippen LogP contribution in [0, 0.1) is 11.3 Å². The average Bonchev–Trinajstić information content (AvgIpc) is 3.18. The molecule has 0 radical (unpaired) electrons. The van der Waals surface area contributed by atoms with Crippen molar-refractivity contribution in [2.24, 2.45) is 0 Å². The largest absolute Gasteiger partial charge is 0.474 e. The summed E-state index contributed by atoms with van der Waals surface area (Å²) in [6.07, 6.45) is 1.59. The van der Waals surface area contributed by atoms with Crippen molar-refractivity contribution in [1.82, 2.24) is 20.8 Å². The van der Waals surface area contributed by atoms with Crippen molar-refractivity contribution in [3.63, 3.8) is 0 Å². The molecule has 0 aliphatic heterocycles. The monoisotopic (exact) mass is 468 g/mol. The van der Waals surface area contributed by atoms with Crippen LogP contribution < -0.4 is 21.3 Å². The molecule has 11 heteroatoms. The molecule has 2 amide bonds. The van der Waals surface area contributed by atoms with E-state index in [-0.39, 0.29) is 47.7 Å². The van der Waals surface area contributed by atoms with E-state index in [0.717, 1.165) is 6.42 Å². The Bertz CT molecular complexity index is 1110. The summed E-state index contributed by atoms with van der Waals surface area (Å²) in [5, 5.41) is 21.9. The third-order valence-corrected chi connectivity index (χ3v) is 5.04. The number of aliphatic hydroxyl groups is 1. The van der Waals surface area contributed by atoms with Crippen LogP contribution in [0.15, 0.2) is 24.3 Å². The van der Waals surface area contributed by atoms with Crippen molar-refractivity contribution in [3.8, 4) is 23.3 Å². The Hall–Kier alpha value is -3.75. The van der Waals surface area contributed by atoms with Gasteiger partial charge in [-0.25, -0.2) is 10.5 Å². The van der Waals surface area contributed by atoms with Crippen LogP contribution in [-0.2, 0) is 9.63 Å². The fourth-order valence-corrected chi connectivity index (χ4v) is 3.57. The summed E-state index contributed by atoms with van der Waals surface area (Å²) in [5.41, 5.74) is 8.05. The van der Waals surface area contributed by atoms with Gasteiger partial charge >= 0.3 is 0 Å². The first-order chi connectivity index (χ1) is 16.1. The molecule has 2 aromatic rings. The summed E-state index contributed by atoms with van der Waals surface area (Å²) >= 11 is 0. The normalized spacial score (nSPS) is 17.6. The zero-order valence-corrected chi connectivity index (χ0v) is 19.3. The number of carbonyl (C=O) groups is 2. The molecule has 11 nitrogen and oxygen atoms in total. The van der Waals surface area contributed by atoms with Gasteiger partial charge < -0.3 is 20.9 Å². The number of hydrogen-bond donors (Lipinski definition) is 4. The number of nitrogens with zero attached hydrogens (tertiary/aromatic N) is 3. The minimum atomic E-state index is -1.16. The predicted octanol–water partition coefficient (Wildman–Crippen LogP) is 1.47. The number of nitriles is 1. The van der Waals surface area contributed by atoms with Crippen LogP contribution in [0.3, 0.4) is 0 Å². The van der Waals surface area contributed by atoms with Gasteiger partial charge in [-0.2, -0.15) is 10.2 Å². The maximum absolute atomic E-state index is 12.8. The number of hydroxylamine groups is 1. The molecule has 0 saturated heterocycles. The summed E-state index contributed by atoms with van der Waals surface area (Å²) in [4.78, 5) is 38.0. The zero-order chi connectivity index (χ0) is 24.9. The van der Waals surface area contributed by atoms with Crippen molar-refractivity contribution in [1.29, 1.82) is 5.26 Å². The van der Waals surface area contributed by atoms with E-state index in [2.05, 4.69) is 26.8 Å². The zero-order valence-electron chi connectivity index (χ0n) is 19.3. The van der Waals surface area contributed by atoms with Gasteiger partial charge in [0.05, 0.1) is 17.2 Å². The molecule has 1 heterocycles. The maximum Gasteiger partial charge on any atom is 0.284 e. The first-order valence-corrected chi connectivity index (χ1v) is 10.8. The summed E-state index contributed by atoms with van der Waals surface area (Å²) in [6.45, 7) is 4.36. The molecule has 1 aliphatic carbocycles. The lowest BCUT2D eigenvalue weighted by Gasteiger charge is -2.19. The SMILES string of the molecule is CC(=O)NC1CCC(Oc2nc(-c3cccc(C#N)c3)nc(N)c2C(=O)NOCC(C)(C)O)C1. The van der Waals surface area contributed by atoms with E-state index >= 15 is 0 Å². The Kier molecular flexibility index (Phi) is 7.65. The Morgan fingerprint density at radius 1 is 1.32 bits per heavy atom. The van der Waals surface area contributed by atoms with Crippen LogP contribution in [0.25, 0.3) is 11.4 Å². The van der Waals surface area contributed by atoms with Crippen molar-refractivity contribution < 1.29 is 24.3 Å². The minimum Gasteiger partial charge on any atom is -0.474 e. The third kappa shape index (κ3) is 6.63. The third-order valence-electron chi connectivity index (χ3n) is 5.04. The van der Waals surface area contributed by atoms with Gasteiger partial charge in [0, 0.05) is 24.9 Å². The van der Waals surface area contributed by atoms with Crippen LogP contribution in [0.4, 0.5) is 5.82 Å². The number of rotatable bonds is 8. The number of benzene rings is 1. The van der Waals surface area contributed by atoms with Gasteiger partial charge in [-0.1, -0.05) is 12.1 Å². The molecule has 1 aliphatic rings. The Morgan fingerprint density at radius 2 is 2.09 bits per heavy atom. The summed E-state index contributed by atoms with van der Waals surface area (Å²) < 4.78 is 6.07. The average molecular weight is 469 g/mol. The molecule has 0 bridgehead atoms. The molecule has 180 valence electrons. The fraction of sp³-hybridized carbons (Fsp3) is 0.435. The lowest BCUT2D eigenvalue weighted by molar-refractivity contribution is -0.119. The number of amides is 2.